The van der Waals surface area contributed by atoms with Gasteiger partial charge >= 0.3 is 5.97 Å². The molecule has 18 heavy (non-hydrogen) atoms. The number of benzene rings is 1. The minimum absolute atomic E-state index is 0.0896. The lowest BCUT2D eigenvalue weighted by molar-refractivity contribution is -0.145. The van der Waals surface area contributed by atoms with Gasteiger partial charge in [-0.1, -0.05) is 18.2 Å². The Balaban J connectivity index is 2.05. The van der Waals surface area contributed by atoms with Crippen LogP contribution in [0.1, 0.15) is 13.3 Å². The summed E-state index contributed by atoms with van der Waals surface area (Å²) in [5.74, 6) is -0.693. The summed E-state index contributed by atoms with van der Waals surface area (Å²) in [5, 5.41) is 5.11. The smallest absolute Gasteiger partial charge is 0.313 e. The number of fused-ring (bicyclic) bond motifs is 1. The average molecular weight is 246 g/mol. The molecule has 0 spiro atoms. The number of carbonyl (C=O) groups excluding carboxylic acids is 2. The number of rotatable bonds is 5. The van der Waals surface area contributed by atoms with E-state index in [1.54, 1.807) is 17.8 Å². The number of para-hydroxylation sites is 1. The fourth-order valence-corrected chi connectivity index (χ4v) is 1.75. The molecule has 0 aliphatic carbocycles. The number of Topliss-reactive ketones (excluding diaryl/α,β-unsaturated/α-hetero) is 1. The molecule has 2 aromatic rings. The van der Waals surface area contributed by atoms with Crippen LogP contribution in [0.25, 0.3) is 10.9 Å². The summed E-state index contributed by atoms with van der Waals surface area (Å²) in [6, 6.07) is 7.61. The molecule has 0 N–H and O–H groups in total. The van der Waals surface area contributed by atoms with Crippen molar-refractivity contribution in [2.24, 2.45) is 0 Å². The molecule has 0 unspecified atom stereocenters. The molecule has 0 amide bonds. The van der Waals surface area contributed by atoms with Crippen molar-refractivity contribution >= 4 is 22.7 Å². The molecule has 1 heterocycles. The molecule has 0 aliphatic rings. The van der Waals surface area contributed by atoms with Crippen LogP contribution in [0.15, 0.2) is 30.5 Å². The van der Waals surface area contributed by atoms with E-state index in [0.717, 1.165) is 10.9 Å². The van der Waals surface area contributed by atoms with Crippen LogP contribution in [-0.4, -0.2) is 28.1 Å². The number of ether oxygens (including phenoxy) is 1. The number of ketones is 1. The Hall–Kier alpha value is -2.17. The van der Waals surface area contributed by atoms with Crippen molar-refractivity contribution in [3.63, 3.8) is 0 Å². The summed E-state index contributed by atoms with van der Waals surface area (Å²) in [5.41, 5.74) is 0.884. The highest BCUT2D eigenvalue weighted by Crippen LogP contribution is 2.12. The second-order valence-electron chi connectivity index (χ2n) is 3.88. The summed E-state index contributed by atoms with van der Waals surface area (Å²) >= 11 is 0. The summed E-state index contributed by atoms with van der Waals surface area (Å²) < 4.78 is 6.32. The molecule has 0 fully saturated rings. The van der Waals surface area contributed by atoms with Gasteiger partial charge in [0.2, 0.25) is 0 Å². The topological polar surface area (TPSA) is 61.2 Å². The third-order valence-corrected chi connectivity index (χ3v) is 2.52. The van der Waals surface area contributed by atoms with Gasteiger partial charge in [0.1, 0.15) is 13.0 Å². The van der Waals surface area contributed by atoms with E-state index in [4.69, 9.17) is 4.74 Å². The zero-order chi connectivity index (χ0) is 13.0. The van der Waals surface area contributed by atoms with E-state index in [9.17, 15) is 9.59 Å². The van der Waals surface area contributed by atoms with E-state index >= 15 is 0 Å². The monoisotopic (exact) mass is 246 g/mol. The molecule has 1 aromatic heterocycles. The molecule has 0 aliphatic heterocycles. The van der Waals surface area contributed by atoms with Gasteiger partial charge in [-0.2, -0.15) is 5.10 Å². The molecule has 0 bridgehead atoms. The van der Waals surface area contributed by atoms with E-state index in [2.05, 4.69) is 5.10 Å². The first-order valence-electron chi connectivity index (χ1n) is 5.78. The van der Waals surface area contributed by atoms with Gasteiger partial charge in [0.15, 0.2) is 5.78 Å². The Kier molecular flexibility index (Phi) is 3.72. The molecular formula is C13H14N2O3. The van der Waals surface area contributed by atoms with Gasteiger partial charge in [-0.25, -0.2) is 0 Å². The van der Waals surface area contributed by atoms with Crippen LogP contribution in [-0.2, 0) is 20.9 Å². The summed E-state index contributed by atoms with van der Waals surface area (Å²) in [6.07, 6.45) is 1.50. The van der Waals surface area contributed by atoms with Crippen molar-refractivity contribution < 1.29 is 14.3 Å². The van der Waals surface area contributed by atoms with E-state index in [1.165, 1.54) is 0 Å². The first-order valence-corrected chi connectivity index (χ1v) is 5.78. The second kappa shape index (κ2) is 5.44. The van der Waals surface area contributed by atoms with Crippen molar-refractivity contribution in [2.75, 3.05) is 6.61 Å². The molecule has 1 aromatic carbocycles. The van der Waals surface area contributed by atoms with Crippen LogP contribution >= 0.6 is 0 Å². The summed E-state index contributed by atoms with van der Waals surface area (Å²) in [4.78, 5) is 22.9. The fraction of sp³-hybridized carbons (Fsp3) is 0.308. The summed E-state index contributed by atoms with van der Waals surface area (Å²) in [6.45, 7) is 2.09. The van der Waals surface area contributed by atoms with Gasteiger partial charge in [0.05, 0.1) is 18.3 Å². The van der Waals surface area contributed by atoms with Gasteiger partial charge in [-0.3, -0.25) is 14.3 Å². The molecular weight excluding hydrogens is 232 g/mol. The zero-order valence-electron chi connectivity index (χ0n) is 10.1. The van der Waals surface area contributed by atoms with Crippen LogP contribution in [0.2, 0.25) is 0 Å². The average Bonchev–Trinajstić information content (AvgIpc) is 2.73. The van der Waals surface area contributed by atoms with Crippen molar-refractivity contribution in [3.05, 3.63) is 30.5 Å². The van der Waals surface area contributed by atoms with Crippen LogP contribution in [0.5, 0.6) is 0 Å². The number of esters is 1. The van der Waals surface area contributed by atoms with E-state index in [-0.39, 0.29) is 25.4 Å². The van der Waals surface area contributed by atoms with Gasteiger partial charge in [0.25, 0.3) is 0 Å². The van der Waals surface area contributed by atoms with Crippen molar-refractivity contribution in [2.45, 2.75) is 19.9 Å². The molecule has 0 saturated heterocycles. The second-order valence-corrected chi connectivity index (χ2v) is 3.88. The van der Waals surface area contributed by atoms with Gasteiger partial charge in [0, 0.05) is 5.39 Å². The summed E-state index contributed by atoms with van der Waals surface area (Å²) in [7, 11) is 0. The van der Waals surface area contributed by atoms with Gasteiger partial charge < -0.3 is 4.74 Å². The van der Waals surface area contributed by atoms with E-state index < -0.39 is 5.97 Å². The number of hydrogen-bond acceptors (Lipinski definition) is 4. The Morgan fingerprint density at radius 3 is 2.89 bits per heavy atom. The number of aromatic nitrogens is 2. The zero-order valence-corrected chi connectivity index (χ0v) is 10.1. The molecule has 94 valence electrons. The minimum atomic E-state index is -0.487. The Morgan fingerprint density at radius 2 is 2.11 bits per heavy atom. The maximum Gasteiger partial charge on any atom is 0.313 e. The van der Waals surface area contributed by atoms with Crippen LogP contribution in [0, 0.1) is 0 Å². The largest absolute Gasteiger partial charge is 0.466 e. The highest BCUT2D eigenvalue weighted by molar-refractivity contribution is 5.95. The third-order valence-electron chi connectivity index (χ3n) is 2.52. The Morgan fingerprint density at radius 1 is 1.33 bits per heavy atom. The lowest BCUT2D eigenvalue weighted by atomic mass is 10.2. The molecule has 5 heteroatoms. The highest BCUT2D eigenvalue weighted by Gasteiger charge is 2.12. The standard InChI is InChI=1S/C13H14N2O3/c1-2-18-13(17)7-11(16)9-15-12-6-4-3-5-10(12)8-14-15/h3-6,8H,2,7,9H2,1H3. The predicted octanol–water partition coefficient (Wildman–Crippen LogP) is 1.56. The van der Waals surface area contributed by atoms with E-state index in [0.29, 0.717) is 0 Å². The Bertz CT molecular complexity index is 574. The lowest BCUT2D eigenvalue weighted by Gasteiger charge is -2.03. The minimum Gasteiger partial charge on any atom is -0.466 e. The third kappa shape index (κ3) is 2.74. The first kappa shape index (κ1) is 12.3. The number of hydrogen-bond donors (Lipinski definition) is 0. The van der Waals surface area contributed by atoms with Crippen LogP contribution in [0.4, 0.5) is 0 Å². The molecule has 2 rings (SSSR count). The van der Waals surface area contributed by atoms with Crippen molar-refractivity contribution in [3.8, 4) is 0 Å². The number of nitrogens with zero attached hydrogens (tertiary/aromatic N) is 2. The first-order chi connectivity index (χ1) is 8.70. The maximum absolute atomic E-state index is 11.7. The normalized spacial score (nSPS) is 10.5. The van der Waals surface area contributed by atoms with Crippen LogP contribution < -0.4 is 0 Å². The number of carbonyl (C=O) groups is 2. The van der Waals surface area contributed by atoms with E-state index in [1.807, 2.05) is 24.3 Å². The fourth-order valence-electron chi connectivity index (χ4n) is 1.75. The maximum atomic E-state index is 11.7. The van der Waals surface area contributed by atoms with Gasteiger partial charge in [-0.15, -0.1) is 0 Å². The predicted molar refractivity (Wildman–Crippen MR) is 66.0 cm³/mol. The lowest BCUT2D eigenvalue weighted by Crippen LogP contribution is -2.16. The quantitative estimate of drug-likeness (QED) is 0.593. The molecule has 0 saturated carbocycles. The van der Waals surface area contributed by atoms with Gasteiger partial charge in [-0.05, 0) is 13.0 Å². The van der Waals surface area contributed by atoms with Crippen molar-refractivity contribution in [1.82, 2.24) is 9.78 Å². The highest BCUT2D eigenvalue weighted by atomic mass is 16.5. The Labute approximate surface area is 104 Å². The van der Waals surface area contributed by atoms with Crippen molar-refractivity contribution in [1.29, 1.82) is 0 Å². The molecule has 5 nitrogen and oxygen atoms in total. The van der Waals surface area contributed by atoms with Crippen LogP contribution in [0.3, 0.4) is 0 Å². The SMILES string of the molecule is CCOC(=O)CC(=O)Cn1ncc2ccccc21. The molecule has 0 radical (unpaired) electrons. The molecule has 0 atom stereocenters.